The minimum Gasteiger partial charge on any atom is -0.355 e. The van der Waals surface area contributed by atoms with E-state index in [0.717, 1.165) is 21.9 Å². The molecule has 1 atom stereocenters. The highest BCUT2D eigenvalue weighted by Gasteiger charge is 2.28. The summed E-state index contributed by atoms with van der Waals surface area (Å²) in [5, 5.41) is 5.78. The average molecular weight is 437 g/mol. The van der Waals surface area contributed by atoms with Gasteiger partial charge < -0.3 is 10.2 Å². The quantitative estimate of drug-likeness (QED) is 0.490. The second-order valence-electron chi connectivity index (χ2n) is 7.57. The lowest BCUT2D eigenvalue weighted by Crippen LogP contribution is -2.49. The smallest absolute Gasteiger partial charge is 0.242 e. The molecule has 0 saturated carbocycles. The van der Waals surface area contributed by atoms with E-state index in [1.165, 1.54) is 0 Å². The lowest BCUT2D eigenvalue weighted by Gasteiger charge is -2.31. The predicted octanol–water partition coefficient (Wildman–Crippen LogP) is 5.37. The lowest BCUT2D eigenvalue weighted by atomic mass is 10.00. The molecular formula is C26H29ClN2O2. The first-order valence-corrected chi connectivity index (χ1v) is 11.2. The predicted molar refractivity (Wildman–Crippen MR) is 127 cm³/mol. The van der Waals surface area contributed by atoms with Gasteiger partial charge in [0, 0.05) is 24.5 Å². The summed E-state index contributed by atoms with van der Waals surface area (Å²) >= 11 is 6.36. The van der Waals surface area contributed by atoms with Crippen LogP contribution in [0.3, 0.4) is 0 Å². The van der Waals surface area contributed by atoms with E-state index >= 15 is 0 Å². The van der Waals surface area contributed by atoms with E-state index in [9.17, 15) is 9.59 Å². The molecule has 0 spiro atoms. The number of aryl methyl sites for hydroxylation is 1. The lowest BCUT2D eigenvalue weighted by molar-refractivity contribution is -0.141. The number of nitrogens with one attached hydrogen (secondary N) is 1. The van der Waals surface area contributed by atoms with E-state index in [0.29, 0.717) is 37.4 Å². The molecule has 0 aliphatic carbocycles. The molecule has 1 N–H and O–H groups in total. The fourth-order valence-corrected chi connectivity index (χ4v) is 4.11. The first-order valence-electron chi connectivity index (χ1n) is 10.8. The molecule has 31 heavy (non-hydrogen) atoms. The Morgan fingerprint density at radius 3 is 2.35 bits per heavy atom. The third kappa shape index (κ3) is 5.65. The second-order valence-corrected chi connectivity index (χ2v) is 7.98. The van der Waals surface area contributed by atoms with E-state index in [1.54, 1.807) is 4.90 Å². The number of fused-ring (bicyclic) bond motifs is 1. The first kappa shape index (κ1) is 22.8. The molecule has 0 saturated heterocycles. The fraction of sp³-hybridized carbons (Fsp3) is 0.308. The monoisotopic (exact) mass is 436 g/mol. The van der Waals surface area contributed by atoms with Gasteiger partial charge in [-0.25, -0.2) is 0 Å². The molecule has 162 valence electrons. The van der Waals surface area contributed by atoms with Gasteiger partial charge in [-0.05, 0) is 47.7 Å². The summed E-state index contributed by atoms with van der Waals surface area (Å²) in [5.74, 6) is -0.179. The summed E-state index contributed by atoms with van der Waals surface area (Å²) in [6, 6.07) is 21.3. The molecule has 0 aromatic heterocycles. The molecule has 0 heterocycles. The van der Waals surface area contributed by atoms with Crippen molar-refractivity contribution in [1.82, 2.24) is 10.2 Å². The average Bonchev–Trinajstić information content (AvgIpc) is 2.78. The van der Waals surface area contributed by atoms with Gasteiger partial charge in [0.1, 0.15) is 6.04 Å². The van der Waals surface area contributed by atoms with Crippen LogP contribution in [0.15, 0.2) is 66.7 Å². The summed E-state index contributed by atoms with van der Waals surface area (Å²) in [6.45, 7) is 4.64. The van der Waals surface area contributed by atoms with E-state index in [-0.39, 0.29) is 11.8 Å². The van der Waals surface area contributed by atoms with Crippen molar-refractivity contribution in [3.8, 4) is 0 Å². The number of halogens is 1. The third-order valence-corrected chi connectivity index (χ3v) is 5.89. The van der Waals surface area contributed by atoms with Crippen molar-refractivity contribution in [2.24, 2.45) is 0 Å². The Kier molecular flexibility index (Phi) is 8.07. The highest BCUT2D eigenvalue weighted by atomic mass is 35.5. The van der Waals surface area contributed by atoms with Gasteiger partial charge in [0.15, 0.2) is 0 Å². The largest absolute Gasteiger partial charge is 0.355 e. The SMILES string of the molecule is CCNC(=O)C(CC)N(Cc1ccccc1Cl)C(=O)CCc1cccc2ccccc12. The van der Waals surface area contributed by atoms with Crippen molar-refractivity contribution < 1.29 is 9.59 Å². The summed E-state index contributed by atoms with van der Waals surface area (Å²) < 4.78 is 0. The Morgan fingerprint density at radius 1 is 0.935 bits per heavy atom. The fourth-order valence-electron chi connectivity index (χ4n) is 3.92. The highest BCUT2D eigenvalue weighted by molar-refractivity contribution is 6.31. The van der Waals surface area contributed by atoms with E-state index < -0.39 is 6.04 Å². The van der Waals surface area contributed by atoms with Gasteiger partial charge in [0.05, 0.1) is 0 Å². The van der Waals surface area contributed by atoms with Crippen LogP contribution in [0.2, 0.25) is 5.02 Å². The van der Waals surface area contributed by atoms with Crippen LogP contribution < -0.4 is 5.32 Å². The van der Waals surface area contributed by atoms with Crippen LogP contribution in [0.1, 0.15) is 37.8 Å². The zero-order valence-corrected chi connectivity index (χ0v) is 18.9. The molecule has 3 rings (SSSR count). The molecule has 0 bridgehead atoms. The van der Waals surface area contributed by atoms with Gasteiger partial charge >= 0.3 is 0 Å². The summed E-state index contributed by atoms with van der Waals surface area (Å²) in [4.78, 5) is 27.8. The molecule has 2 amide bonds. The Hall–Kier alpha value is -2.85. The second kappa shape index (κ2) is 11.0. The van der Waals surface area contributed by atoms with E-state index in [1.807, 2.05) is 56.3 Å². The number of hydrogen-bond donors (Lipinski definition) is 1. The van der Waals surface area contributed by atoms with Crippen molar-refractivity contribution in [1.29, 1.82) is 0 Å². The molecule has 5 heteroatoms. The first-order chi connectivity index (χ1) is 15.0. The minimum absolute atomic E-state index is 0.0500. The zero-order valence-electron chi connectivity index (χ0n) is 18.1. The number of nitrogens with zero attached hydrogens (tertiary/aromatic N) is 1. The Morgan fingerprint density at radius 2 is 1.61 bits per heavy atom. The van der Waals surface area contributed by atoms with Crippen LogP contribution in [0, 0.1) is 0 Å². The van der Waals surface area contributed by atoms with E-state index in [2.05, 4.69) is 29.6 Å². The van der Waals surface area contributed by atoms with Crippen molar-refractivity contribution in [3.05, 3.63) is 82.9 Å². The molecule has 0 aliphatic heterocycles. The third-order valence-electron chi connectivity index (χ3n) is 5.52. The highest BCUT2D eigenvalue weighted by Crippen LogP contribution is 2.23. The summed E-state index contributed by atoms with van der Waals surface area (Å²) in [7, 11) is 0. The Balaban J connectivity index is 1.84. The van der Waals surface area contributed by atoms with E-state index in [4.69, 9.17) is 11.6 Å². The van der Waals surface area contributed by atoms with Crippen LogP contribution in [-0.2, 0) is 22.6 Å². The number of carbonyl (C=O) groups excluding carboxylic acids is 2. The Bertz CT molecular complexity index is 1050. The molecule has 0 radical (unpaired) electrons. The van der Waals surface area contributed by atoms with Crippen LogP contribution in [0.25, 0.3) is 10.8 Å². The number of hydrogen-bond acceptors (Lipinski definition) is 2. The van der Waals surface area contributed by atoms with Gasteiger partial charge in [-0.15, -0.1) is 0 Å². The Labute approximate surface area is 189 Å². The van der Waals surface area contributed by atoms with Crippen LogP contribution >= 0.6 is 11.6 Å². The van der Waals surface area contributed by atoms with Gasteiger partial charge in [-0.2, -0.15) is 0 Å². The number of rotatable bonds is 9. The summed E-state index contributed by atoms with van der Waals surface area (Å²) in [6.07, 6.45) is 1.48. The molecule has 3 aromatic carbocycles. The molecule has 0 aliphatic rings. The van der Waals surface area contributed by atoms with Gasteiger partial charge in [-0.1, -0.05) is 79.2 Å². The molecule has 0 fully saturated rings. The van der Waals surface area contributed by atoms with Gasteiger partial charge in [0.2, 0.25) is 11.8 Å². The maximum absolute atomic E-state index is 13.4. The normalized spacial score (nSPS) is 11.8. The van der Waals surface area contributed by atoms with Crippen molar-refractivity contribution in [3.63, 3.8) is 0 Å². The van der Waals surface area contributed by atoms with Crippen LogP contribution in [-0.4, -0.2) is 29.3 Å². The molecule has 4 nitrogen and oxygen atoms in total. The molecular weight excluding hydrogens is 408 g/mol. The topological polar surface area (TPSA) is 49.4 Å². The number of carbonyl (C=O) groups is 2. The molecule has 3 aromatic rings. The minimum atomic E-state index is -0.531. The number of likely N-dealkylation sites (N-methyl/N-ethyl adjacent to an activating group) is 1. The zero-order chi connectivity index (χ0) is 22.2. The number of amides is 2. The maximum Gasteiger partial charge on any atom is 0.242 e. The molecule has 1 unspecified atom stereocenters. The van der Waals surface area contributed by atoms with Gasteiger partial charge in [0.25, 0.3) is 0 Å². The standard InChI is InChI=1S/C26H29ClN2O2/c1-3-24(26(31)28-4-2)29(18-21-11-6-8-15-23(21)27)25(30)17-16-20-13-9-12-19-10-5-7-14-22(19)20/h5-15,24H,3-4,16-18H2,1-2H3,(H,28,31). The number of benzene rings is 3. The van der Waals surface area contributed by atoms with Crippen molar-refractivity contribution in [2.45, 2.75) is 45.7 Å². The van der Waals surface area contributed by atoms with Crippen LogP contribution in [0.4, 0.5) is 0 Å². The van der Waals surface area contributed by atoms with Crippen LogP contribution in [0.5, 0.6) is 0 Å². The summed E-state index contributed by atoms with van der Waals surface area (Å²) in [5.41, 5.74) is 1.97. The van der Waals surface area contributed by atoms with Crippen molar-refractivity contribution >= 4 is 34.2 Å². The van der Waals surface area contributed by atoms with Crippen molar-refractivity contribution in [2.75, 3.05) is 6.54 Å². The maximum atomic E-state index is 13.4. The van der Waals surface area contributed by atoms with Gasteiger partial charge in [-0.3, -0.25) is 9.59 Å².